The molecule has 0 heterocycles. The summed E-state index contributed by atoms with van der Waals surface area (Å²) in [7, 11) is 2.01. The van der Waals surface area contributed by atoms with Crippen LogP contribution < -0.4 is 15.5 Å². The minimum Gasteiger partial charge on any atom is -0.396 e. The Labute approximate surface area is 149 Å². The van der Waals surface area contributed by atoms with Gasteiger partial charge in [-0.05, 0) is 37.1 Å². The van der Waals surface area contributed by atoms with Crippen LogP contribution in [0, 0.1) is 0 Å². The van der Waals surface area contributed by atoms with E-state index in [1.54, 1.807) is 0 Å². The third-order valence-electron chi connectivity index (χ3n) is 4.28. The largest absolute Gasteiger partial charge is 0.396 e. The molecular weight excluding hydrogens is 314 g/mol. The monoisotopic (exact) mass is 341 g/mol. The first-order chi connectivity index (χ1) is 12.1. The van der Waals surface area contributed by atoms with Crippen molar-refractivity contribution in [3.63, 3.8) is 0 Å². The fourth-order valence-corrected chi connectivity index (χ4v) is 2.66. The van der Waals surface area contributed by atoms with Crippen LogP contribution in [0.15, 0.2) is 54.6 Å². The summed E-state index contributed by atoms with van der Waals surface area (Å²) in [6.45, 7) is 3.55. The molecule has 0 bridgehead atoms. The first-order valence-corrected chi connectivity index (χ1v) is 8.66. The molecule has 134 valence electrons. The van der Waals surface area contributed by atoms with Gasteiger partial charge in [0.2, 0.25) is 0 Å². The third kappa shape index (κ3) is 5.80. The third-order valence-corrected chi connectivity index (χ3v) is 4.28. The van der Waals surface area contributed by atoms with Crippen molar-refractivity contribution >= 4 is 17.4 Å². The van der Waals surface area contributed by atoms with Crippen molar-refractivity contribution < 1.29 is 9.90 Å². The van der Waals surface area contributed by atoms with Gasteiger partial charge in [0.15, 0.2) is 0 Å². The lowest BCUT2D eigenvalue weighted by Crippen LogP contribution is -2.32. The Morgan fingerprint density at radius 2 is 1.92 bits per heavy atom. The predicted octanol–water partition coefficient (Wildman–Crippen LogP) is 3.43. The molecule has 0 aliphatic heterocycles. The number of urea groups is 1. The second-order valence-corrected chi connectivity index (χ2v) is 6.02. The molecule has 1 unspecified atom stereocenters. The highest BCUT2D eigenvalue weighted by Crippen LogP contribution is 2.19. The molecule has 0 saturated carbocycles. The molecule has 5 nitrogen and oxygen atoms in total. The highest BCUT2D eigenvalue weighted by atomic mass is 16.3. The van der Waals surface area contributed by atoms with Gasteiger partial charge in [0.1, 0.15) is 0 Å². The minimum absolute atomic E-state index is 0.0915. The zero-order valence-electron chi connectivity index (χ0n) is 14.9. The average Bonchev–Trinajstić information content (AvgIpc) is 2.65. The number of rotatable bonds is 8. The average molecular weight is 341 g/mol. The molecule has 1 atom stereocenters. The van der Waals surface area contributed by atoms with Crippen LogP contribution in [0.3, 0.4) is 0 Å². The van der Waals surface area contributed by atoms with E-state index >= 15 is 0 Å². The van der Waals surface area contributed by atoms with Gasteiger partial charge in [0, 0.05) is 44.0 Å². The Hall–Kier alpha value is -2.53. The number of hydrogen-bond donors (Lipinski definition) is 3. The Morgan fingerprint density at radius 3 is 2.60 bits per heavy atom. The molecule has 2 aromatic carbocycles. The van der Waals surface area contributed by atoms with Crippen LogP contribution >= 0.6 is 0 Å². The van der Waals surface area contributed by atoms with Gasteiger partial charge in [-0.15, -0.1) is 0 Å². The number of amides is 2. The number of anilines is 2. The van der Waals surface area contributed by atoms with Crippen LogP contribution in [0.2, 0.25) is 0 Å². The first-order valence-electron chi connectivity index (χ1n) is 8.66. The van der Waals surface area contributed by atoms with Gasteiger partial charge in [0.05, 0.1) is 0 Å². The van der Waals surface area contributed by atoms with E-state index in [-0.39, 0.29) is 18.6 Å². The van der Waals surface area contributed by atoms with Gasteiger partial charge in [-0.25, -0.2) is 4.79 Å². The SMILES string of the molecule is CCN(C)c1cccc(NC(=O)NCC(CCO)c2ccccc2)c1. The van der Waals surface area contributed by atoms with Gasteiger partial charge in [-0.3, -0.25) is 0 Å². The van der Waals surface area contributed by atoms with E-state index in [4.69, 9.17) is 0 Å². The molecule has 0 fully saturated rings. The van der Waals surface area contributed by atoms with Gasteiger partial charge in [-0.2, -0.15) is 0 Å². The second kappa shape index (κ2) is 9.69. The summed E-state index contributed by atoms with van der Waals surface area (Å²) in [5.74, 6) is 0.0921. The highest BCUT2D eigenvalue weighted by molar-refractivity contribution is 5.89. The Morgan fingerprint density at radius 1 is 1.16 bits per heavy atom. The molecule has 5 heteroatoms. The number of aliphatic hydroxyl groups excluding tert-OH is 1. The van der Waals surface area contributed by atoms with Crippen LogP contribution in [-0.2, 0) is 0 Å². The fraction of sp³-hybridized carbons (Fsp3) is 0.350. The van der Waals surface area contributed by atoms with Gasteiger partial charge >= 0.3 is 6.03 Å². The van der Waals surface area contributed by atoms with E-state index in [1.165, 1.54) is 0 Å². The topological polar surface area (TPSA) is 64.6 Å². The Bertz CT molecular complexity index is 661. The zero-order valence-corrected chi connectivity index (χ0v) is 14.9. The molecule has 0 aliphatic rings. The van der Waals surface area contributed by atoms with E-state index in [0.717, 1.165) is 23.5 Å². The normalized spacial score (nSPS) is 11.6. The van der Waals surface area contributed by atoms with Crippen molar-refractivity contribution in [3.05, 3.63) is 60.2 Å². The molecule has 2 aromatic rings. The summed E-state index contributed by atoms with van der Waals surface area (Å²) in [4.78, 5) is 14.3. The summed E-state index contributed by atoms with van der Waals surface area (Å²) < 4.78 is 0. The summed E-state index contributed by atoms with van der Waals surface area (Å²) in [6.07, 6.45) is 0.612. The lowest BCUT2D eigenvalue weighted by Gasteiger charge is -2.19. The van der Waals surface area contributed by atoms with E-state index < -0.39 is 0 Å². The molecule has 0 spiro atoms. The number of carbonyl (C=O) groups excluding carboxylic acids is 1. The van der Waals surface area contributed by atoms with Gasteiger partial charge in [0.25, 0.3) is 0 Å². The van der Waals surface area contributed by atoms with Crippen LogP contribution in [0.1, 0.15) is 24.8 Å². The van der Waals surface area contributed by atoms with Crippen LogP contribution in [0.5, 0.6) is 0 Å². The van der Waals surface area contributed by atoms with E-state index in [2.05, 4.69) is 22.5 Å². The molecule has 0 saturated heterocycles. The van der Waals surface area contributed by atoms with Crippen molar-refractivity contribution in [1.29, 1.82) is 0 Å². The molecule has 0 aliphatic carbocycles. The van der Waals surface area contributed by atoms with Crippen LogP contribution in [0.25, 0.3) is 0 Å². The lowest BCUT2D eigenvalue weighted by molar-refractivity contribution is 0.248. The quantitative estimate of drug-likeness (QED) is 0.689. The van der Waals surface area contributed by atoms with E-state index in [1.807, 2.05) is 61.6 Å². The smallest absolute Gasteiger partial charge is 0.319 e. The lowest BCUT2D eigenvalue weighted by atomic mass is 9.96. The second-order valence-electron chi connectivity index (χ2n) is 6.02. The van der Waals surface area contributed by atoms with Crippen molar-refractivity contribution in [2.45, 2.75) is 19.3 Å². The number of nitrogens with zero attached hydrogens (tertiary/aromatic N) is 1. The summed E-state index contributed by atoms with van der Waals surface area (Å²) >= 11 is 0. The van der Waals surface area contributed by atoms with Crippen LogP contribution in [-0.4, -0.2) is 37.9 Å². The van der Waals surface area contributed by atoms with E-state index in [0.29, 0.717) is 13.0 Å². The molecular formula is C20H27N3O2. The van der Waals surface area contributed by atoms with Gasteiger partial charge in [-0.1, -0.05) is 36.4 Å². The standard InChI is InChI=1S/C20H27N3O2/c1-3-23(2)19-11-7-10-18(14-19)22-20(25)21-15-17(12-13-24)16-8-5-4-6-9-16/h4-11,14,17,24H,3,12-13,15H2,1-2H3,(H2,21,22,25). The van der Waals surface area contributed by atoms with Crippen LogP contribution in [0.4, 0.5) is 16.2 Å². The summed E-state index contributed by atoms with van der Waals surface area (Å²) in [5, 5.41) is 15.0. The number of nitrogens with one attached hydrogen (secondary N) is 2. The molecule has 2 amide bonds. The summed E-state index contributed by atoms with van der Waals surface area (Å²) in [5.41, 5.74) is 2.93. The first kappa shape index (κ1) is 18.8. The maximum Gasteiger partial charge on any atom is 0.319 e. The maximum absolute atomic E-state index is 12.2. The summed E-state index contributed by atoms with van der Waals surface area (Å²) in [6, 6.07) is 17.4. The van der Waals surface area contributed by atoms with Crippen molar-refractivity contribution in [3.8, 4) is 0 Å². The molecule has 0 aromatic heterocycles. The molecule has 25 heavy (non-hydrogen) atoms. The minimum atomic E-state index is -0.241. The van der Waals surface area contributed by atoms with Crippen molar-refractivity contribution in [2.75, 3.05) is 37.0 Å². The number of carbonyl (C=O) groups is 1. The Balaban J connectivity index is 1.93. The number of hydrogen-bond acceptors (Lipinski definition) is 3. The molecule has 2 rings (SSSR count). The van der Waals surface area contributed by atoms with Crippen molar-refractivity contribution in [2.24, 2.45) is 0 Å². The molecule has 3 N–H and O–H groups in total. The highest BCUT2D eigenvalue weighted by Gasteiger charge is 2.12. The number of aliphatic hydroxyl groups is 1. The van der Waals surface area contributed by atoms with Gasteiger partial charge < -0.3 is 20.6 Å². The zero-order chi connectivity index (χ0) is 18.1. The maximum atomic E-state index is 12.2. The Kier molecular flexibility index (Phi) is 7.29. The predicted molar refractivity (Wildman–Crippen MR) is 103 cm³/mol. The molecule has 0 radical (unpaired) electrons. The fourth-order valence-electron chi connectivity index (χ4n) is 2.66. The van der Waals surface area contributed by atoms with E-state index in [9.17, 15) is 9.90 Å². The number of benzene rings is 2. The van der Waals surface area contributed by atoms with Crippen molar-refractivity contribution in [1.82, 2.24) is 5.32 Å².